The number of methoxy groups -OCH3 is 1. The average molecular weight is 718 g/mol. The van der Waals surface area contributed by atoms with E-state index in [4.69, 9.17) is 23.7 Å². The lowest BCUT2D eigenvalue weighted by Crippen LogP contribution is -2.40. The zero-order chi connectivity index (χ0) is 33.4. The minimum Gasteiger partial charge on any atom is -0.490 e. The molecule has 1 aliphatic heterocycles. The standard InChI is InChI=1S/C32H33BrN2O10S/c1-6-41-24-14-19(9-11-23(24)45-16-26(36)40-5)29-28(31(39)43-8-3)18(4)34-32-35(29)30(38)25(46-32)15-20-13-21(33)10-12-22(20)44-17-27(37)42-7-2/h9-15,29H,6-8,16-17H2,1-5H3/b25-15+/t29-/m1/s1. The first-order valence-electron chi connectivity index (χ1n) is 14.4. The molecule has 1 atom stereocenters. The van der Waals surface area contributed by atoms with Crippen molar-refractivity contribution < 1.29 is 42.8 Å². The van der Waals surface area contributed by atoms with Gasteiger partial charge in [0.05, 0.1) is 48.8 Å². The highest BCUT2D eigenvalue weighted by Gasteiger charge is 2.34. The number of esters is 3. The smallest absolute Gasteiger partial charge is 0.344 e. The molecule has 3 aromatic rings. The number of benzene rings is 2. The first kappa shape index (κ1) is 34.4. The largest absolute Gasteiger partial charge is 0.490 e. The summed E-state index contributed by atoms with van der Waals surface area (Å²) < 4.78 is 34.6. The summed E-state index contributed by atoms with van der Waals surface area (Å²) in [5.74, 6) is -0.750. The Morgan fingerprint density at radius 1 is 0.913 bits per heavy atom. The summed E-state index contributed by atoms with van der Waals surface area (Å²) in [5, 5.41) is 0. The third-order valence-electron chi connectivity index (χ3n) is 6.58. The van der Waals surface area contributed by atoms with E-state index in [0.29, 0.717) is 37.7 Å². The van der Waals surface area contributed by atoms with Crippen LogP contribution in [-0.2, 0) is 28.6 Å². The summed E-state index contributed by atoms with van der Waals surface area (Å²) >= 11 is 4.59. The Morgan fingerprint density at radius 2 is 1.61 bits per heavy atom. The number of carbonyl (C=O) groups excluding carboxylic acids is 3. The van der Waals surface area contributed by atoms with Gasteiger partial charge in [-0.3, -0.25) is 9.36 Å². The molecule has 0 radical (unpaired) electrons. The SMILES string of the molecule is CCOC(=O)COc1ccc(Br)cc1/C=c1/sc2n(c1=O)[C@H](c1ccc(OCC(=O)OC)c(OCC)c1)C(C(=O)OCC)=C(C)N=2. The van der Waals surface area contributed by atoms with Crippen molar-refractivity contribution in [3.05, 3.63) is 83.0 Å². The van der Waals surface area contributed by atoms with E-state index < -0.39 is 29.5 Å². The van der Waals surface area contributed by atoms with Crippen molar-refractivity contribution in [3.8, 4) is 17.2 Å². The van der Waals surface area contributed by atoms with Crippen LogP contribution in [0.15, 0.2) is 61.9 Å². The monoisotopic (exact) mass is 716 g/mol. The van der Waals surface area contributed by atoms with Crippen LogP contribution in [0, 0.1) is 0 Å². The molecule has 0 saturated heterocycles. The Labute approximate surface area is 277 Å². The van der Waals surface area contributed by atoms with E-state index in [1.807, 2.05) is 0 Å². The molecule has 0 fully saturated rings. The van der Waals surface area contributed by atoms with Crippen molar-refractivity contribution in [2.24, 2.45) is 4.99 Å². The van der Waals surface area contributed by atoms with Gasteiger partial charge in [-0.15, -0.1) is 0 Å². The van der Waals surface area contributed by atoms with Crippen molar-refractivity contribution in [2.75, 3.05) is 40.1 Å². The molecule has 2 aromatic carbocycles. The molecule has 1 aromatic heterocycles. The molecule has 4 rings (SSSR count). The lowest BCUT2D eigenvalue weighted by molar-refractivity contribution is -0.145. The predicted molar refractivity (Wildman–Crippen MR) is 172 cm³/mol. The third-order valence-corrected chi connectivity index (χ3v) is 8.06. The first-order chi connectivity index (χ1) is 22.1. The summed E-state index contributed by atoms with van der Waals surface area (Å²) in [5.41, 5.74) is 1.23. The summed E-state index contributed by atoms with van der Waals surface area (Å²) in [6.45, 7) is 6.86. The second-order valence-electron chi connectivity index (χ2n) is 9.58. The van der Waals surface area contributed by atoms with Gasteiger partial charge in [-0.05, 0) is 69.7 Å². The fourth-order valence-electron chi connectivity index (χ4n) is 4.63. The van der Waals surface area contributed by atoms with Crippen LogP contribution in [-0.4, -0.2) is 62.6 Å². The number of allylic oxidation sites excluding steroid dienone is 1. The molecule has 0 bridgehead atoms. The van der Waals surface area contributed by atoms with Gasteiger partial charge in [-0.25, -0.2) is 19.4 Å². The summed E-state index contributed by atoms with van der Waals surface area (Å²) in [6.07, 6.45) is 1.64. The molecule has 12 nitrogen and oxygen atoms in total. The molecule has 14 heteroatoms. The van der Waals surface area contributed by atoms with Gasteiger partial charge < -0.3 is 28.4 Å². The molecule has 0 unspecified atom stereocenters. The molecule has 46 heavy (non-hydrogen) atoms. The Balaban J connectivity index is 1.87. The van der Waals surface area contributed by atoms with E-state index in [9.17, 15) is 19.2 Å². The van der Waals surface area contributed by atoms with Crippen LogP contribution in [0.3, 0.4) is 0 Å². The van der Waals surface area contributed by atoms with Crippen molar-refractivity contribution >= 4 is 51.3 Å². The topological polar surface area (TPSA) is 141 Å². The summed E-state index contributed by atoms with van der Waals surface area (Å²) in [7, 11) is 1.26. The Morgan fingerprint density at radius 3 is 2.30 bits per heavy atom. The van der Waals surface area contributed by atoms with Crippen molar-refractivity contribution in [3.63, 3.8) is 0 Å². The molecule has 0 aliphatic carbocycles. The van der Waals surface area contributed by atoms with Gasteiger partial charge in [0.1, 0.15) is 5.75 Å². The molecular weight excluding hydrogens is 684 g/mol. The average Bonchev–Trinajstić information content (AvgIpc) is 3.33. The van der Waals surface area contributed by atoms with Gasteiger partial charge >= 0.3 is 17.9 Å². The minimum atomic E-state index is -0.923. The van der Waals surface area contributed by atoms with E-state index in [1.54, 1.807) is 70.2 Å². The number of rotatable bonds is 13. The molecule has 0 saturated carbocycles. The summed E-state index contributed by atoms with van der Waals surface area (Å²) in [6, 6.07) is 9.21. The van der Waals surface area contributed by atoms with E-state index in [-0.39, 0.29) is 44.4 Å². The van der Waals surface area contributed by atoms with Crippen LogP contribution in [0.25, 0.3) is 6.08 Å². The number of thiazole rings is 1. The lowest BCUT2D eigenvalue weighted by Gasteiger charge is -2.25. The van der Waals surface area contributed by atoms with Gasteiger partial charge in [-0.1, -0.05) is 33.3 Å². The van der Waals surface area contributed by atoms with Crippen LogP contribution >= 0.6 is 27.3 Å². The van der Waals surface area contributed by atoms with E-state index in [1.165, 1.54) is 11.7 Å². The van der Waals surface area contributed by atoms with Gasteiger partial charge in [-0.2, -0.15) is 0 Å². The predicted octanol–water partition coefficient (Wildman–Crippen LogP) is 3.45. The number of ether oxygens (including phenoxy) is 6. The molecule has 2 heterocycles. The van der Waals surface area contributed by atoms with Crippen molar-refractivity contribution in [2.45, 2.75) is 33.7 Å². The fourth-order valence-corrected chi connectivity index (χ4v) is 6.05. The number of carbonyl (C=O) groups is 3. The van der Waals surface area contributed by atoms with E-state index in [0.717, 1.165) is 15.8 Å². The van der Waals surface area contributed by atoms with Gasteiger partial charge in [0, 0.05) is 10.0 Å². The summed E-state index contributed by atoms with van der Waals surface area (Å²) in [4.78, 5) is 56.1. The lowest BCUT2D eigenvalue weighted by atomic mass is 9.95. The molecule has 244 valence electrons. The number of aromatic nitrogens is 1. The number of fused-ring (bicyclic) bond motifs is 1. The van der Waals surface area contributed by atoms with E-state index in [2.05, 4.69) is 25.7 Å². The van der Waals surface area contributed by atoms with Gasteiger partial charge in [0.25, 0.3) is 5.56 Å². The molecule has 0 N–H and O–H groups in total. The molecule has 0 spiro atoms. The molecule has 0 amide bonds. The first-order valence-corrected chi connectivity index (χ1v) is 16.0. The second-order valence-corrected chi connectivity index (χ2v) is 11.5. The van der Waals surface area contributed by atoms with Crippen molar-refractivity contribution in [1.82, 2.24) is 4.57 Å². The highest BCUT2D eigenvalue weighted by atomic mass is 79.9. The number of halogens is 1. The highest BCUT2D eigenvalue weighted by molar-refractivity contribution is 9.10. The number of hydrogen-bond donors (Lipinski definition) is 0. The van der Waals surface area contributed by atoms with Gasteiger partial charge in [0.15, 0.2) is 29.5 Å². The number of hydrogen-bond acceptors (Lipinski definition) is 12. The molecular formula is C32H33BrN2O10S. The zero-order valence-corrected chi connectivity index (χ0v) is 28.3. The normalized spacial score (nSPS) is 14.2. The Bertz CT molecular complexity index is 1850. The maximum absolute atomic E-state index is 14.1. The van der Waals surface area contributed by atoms with Crippen LogP contribution in [0.2, 0.25) is 0 Å². The quantitative estimate of drug-likeness (QED) is 0.191. The van der Waals surface area contributed by atoms with Crippen molar-refractivity contribution in [1.29, 1.82) is 0 Å². The van der Waals surface area contributed by atoms with Crippen LogP contribution in [0.5, 0.6) is 17.2 Å². The maximum atomic E-state index is 14.1. The van der Waals surface area contributed by atoms with Gasteiger partial charge in [0.2, 0.25) is 0 Å². The Kier molecular flexibility index (Phi) is 11.8. The Hall–Kier alpha value is -4.43. The van der Waals surface area contributed by atoms with Crippen LogP contribution in [0.1, 0.15) is 44.9 Å². The van der Waals surface area contributed by atoms with Crippen LogP contribution in [0.4, 0.5) is 0 Å². The fraction of sp³-hybridized carbons (Fsp3) is 0.344. The third kappa shape index (κ3) is 7.85. The number of nitrogens with zero attached hydrogens (tertiary/aromatic N) is 2. The van der Waals surface area contributed by atoms with Crippen LogP contribution < -0.4 is 29.1 Å². The minimum absolute atomic E-state index is 0.120. The highest BCUT2D eigenvalue weighted by Crippen LogP contribution is 2.36. The second kappa shape index (κ2) is 15.7. The van der Waals surface area contributed by atoms with E-state index >= 15 is 0 Å². The molecule has 1 aliphatic rings. The zero-order valence-electron chi connectivity index (χ0n) is 25.9. The maximum Gasteiger partial charge on any atom is 0.344 e.